The summed E-state index contributed by atoms with van der Waals surface area (Å²) >= 11 is 0. The molecule has 1 saturated carbocycles. The topological polar surface area (TPSA) is 75.6 Å². The second-order valence-corrected chi connectivity index (χ2v) is 7.54. The maximum Gasteiger partial charge on any atom is 0.341 e. The first kappa shape index (κ1) is 19.0. The number of carboxylic acid groups (broad SMARTS) is 1. The Balaban J connectivity index is 1.35. The summed E-state index contributed by atoms with van der Waals surface area (Å²) in [6.07, 6.45) is 0.874. The van der Waals surface area contributed by atoms with Crippen LogP contribution in [0.2, 0.25) is 0 Å². The lowest BCUT2D eigenvalue weighted by atomic mass is 10.0. The summed E-state index contributed by atoms with van der Waals surface area (Å²) in [5.74, 6) is -0.161. The molecule has 1 fully saturated rings. The van der Waals surface area contributed by atoms with E-state index in [0.717, 1.165) is 12.0 Å². The molecule has 0 bridgehead atoms. The SMILES string of the molecule is CC(NC(=O)C1CC1c1ccc2ccccc2c1)c1ccc(OCC(=O)O)cc1. The number of rotatable bonds is 7. The van der Waals surface area contributed by atoms with Crippen LogP contribution < -0.4 is 10.1 Å². The third-order valence-corrected chi connectivity index (χ3v) is 5.43. The minimum absolute atomic E-state index is 0.0109. The van der Waals surface area contributed by atoms with Crippen molar-refractivity contribution in [3.8, 4) is 5.75 Å². The smallest absolute Gasteiger partial charge is 0.341 e. The van der Waals surface area contributed by atoms with Crippen molar-refractivity contribution in [1.29, 1.82) is 0 Å². The van der Waals surface area contributed by atoms with Crippen molar-refractivity contribution in [2.24, 2.45) is 5.92 Å². The Morgan fingerprint density at radius 2 is 1.79 bits per heavy atom. The minimum atomic E-state index is -1.01. The number of ether oxygens (including phenoxy) is 1. The molecule has 2 N–H and O–H groups in total. The van der Waals surface area contributed by atoms with Crippen LogP contribution in [0.15, 0.2) is 66.7 Å². The van der Waals surface area contributed by atoms with Gasteiger partial charge in [-0.25, -0.2) is 4.79 Å². The third kappa shape index (κ3) is 4.40. The summed E-state index contributed by atoms with van der Waals surface area (Å²) in [6, 6.07) is 21.7. The Morgan fingerprint density at radius 1 is 1.07 bits per heavy atom. The molecule has 3 atom stereocenters. The average Bonchev–Trinajstić information content (AvgIpc) is 3.53. The number of hydrogen-bond donors (Lipinski definition) is 2. The van der Waals surface area contributed by atoms with Crippen LogP contribution in [-0.2, 0) is 9.59 Å². The number of amides is 1. The van der Waals surface area contributed by atoms with E-state index in [0.29, 0.717) is 5.75 Å². The number of carboxylic acids is 1. The molecule has 0 saturated heterocycles. The van der Waals surface area contributed by atoms with Crippen molar-refractivity contribution in [2.45, 2.75) is 25.3 Å². The van der Waals surface area contributed by atoms with Gasteiger partial charge < -0.3 is 15.2 Å². The fourth-order valence-corrected chi connectivity index (χ4v) is 3.69. The monoisotopic (exact) mass is 389 g/mol. The summed E-state index contributed by atoms with van der Waals surface area (Å²) in [4.78, 5) is 23.2. The highest BCUT2D eigenvalue weighted by molar-refractivity contribution is 5.86. The van der Waals surface area contributed by atoms with E-state index in [2.05, 4.69) is 35.6 Å². The predicted octanol–water partition coefficient (Wildman–Crippen LogP) is 4.28. The lowest BCUT2D eigenvalue weighted by molar-refractivity contribution is -0.139. The zero-order valence-electron chi connectivity index (χ0n) is 16.2. The average molecular weight is 389 g/mol. The molecule has 0 spiro atoms. The maximum atomic E-state index is 12.7. The number of hydrogen-bond acceptors (Lipinski definition) is 3. The van der Waals surface area contributed by atoms with Gasteiger partial charge in [-0.2, -0.15) is 0 Å². The number of carbonyl (C=O) groups excluding carboxylic acids is 1. The molecule has 148 valence electrons. The van der Waals surface area contributed by atoms with E-state index in [1.165, 1.54) is 16.3 Å². The zero-order valence-corrected chi connectivity index (χ0v) is 16.2. The van der Waals surface area contributed by atoms with Gasteiger partial charge in [-0.1, -0.05) is 54.6 Å². The number of benzene rings is 3. The number of aliphatic carboxylic acids is 1. The molecule has 5 heteroatoms. The molecule has 1 amide bonds. The molecule has 1 aliphatic rings. The summed E-state index contributed by atoms with van der Waals surface area (Å²) in [7, 11) is 0. The fourth-order valence-electron chi connectivity index (χ4n) is 3.69. The molecule has 0 heterocycles. The van der Waals surface area contributed by atoms with Crippen LogP contribution in [0.5, 0.6) is 5.75 Å². The highest BCUT2D eigenvalue weighted by Crippen LogP contribution is 2.48. The van der Waals surface area contributed by atoms with Gasteiger partial charge in [-0.3, -0.25) is 4.79 Å². The van der Waals surface area contributed by atoms with Crippen molar-refractivity contribution >= 4 is 22.6 Å². The van der Waals surface area contributed by atoms with Crippen molar-refractivity contribution in [3.05, 3.63) is 77.9 Å². The Kier molecular flexibility index (Phi) is 5.21. The van der Waals surface area contributed by atoms with Crippen molar-refractivity contribution in [1.82, 2.24) is 5.32 Å². The Bertz CT molecular complexity index is 1040. The van der Waals surface area contributed by atoms with Crippen LogP contribution in [0.1, 0.15) is 36.4 Å². The van der Waals surface area contributed by atoms with E-state index in [1.807, 2.05) is 31.2 Å². The molecule has 0 aliphatic heterocycles. The zero-order chi connectivity index (χ0) is 20.4. The van der Waals surface area contributed by atoms with Gasteiger partial charge in [0.15, 0.2) is 6.61 Å². The first-order chi connectivity index (χ1) is 14.0. The molecule has 0 aromatic heterocycles. The van der Waals surface area contributed by atoms with Crippen molar-refractivity contribution < 1.29 is 19.4 Å². The van der Waals surface area contributed by atoms with Crippen LogP contribution in [0.25, 0.3) is 10.8 Å². The van der Waals surface area contributed by atoms with E-state index in [9.17, 15) is 9.59 Å². The van der Waals surface area contributed by atoms with Crippen LogP contribution in [0.4, 0.5) is 0 Å². The Labute approximate surface area is 169 Å². The van der Waals surface area contributed by atoms with Crippen molar-refractivity contribution in [2.75, 3.05) is 6.61 Å². The van der Waals surface area contributed by atoms with Gasteiger partial charge in [0.1, 0.15) is 5.75 Å². The van der Waals surface area contributed by atoms with Gasteiger partial charge in [0.2, 0.25) is 5.91 Å². The Morgan fingerprint density at radius 3 is 2.52 bits per heavy atom. The molecular formula is C24H23NO4. The third-order valence-electron chi connectivity index (χ3n) is 5.43. The van der Waals surface area contributed by atoms with Crippen LogP contribution in [-0.4, -0.2) is 23.6 Å². The first-order valence-electron chi connectivity index (χ1n) is 9.75. The molecule has 5 nitrogen and oxygen atoms in total. The van der Waals surface area contributed by atoms with E-state index in [4.69, 9.17) is 9.84 Å². The van der Waals surface area contributed by atoms with Crippen molar-refractivity contribution in [3.63, 3.8) is 0 Å². The normalized spacial score (nSPS) is 18.8. The predicted molar refractivity (Wildman–Crippen MR) is 111 cm³/mol. The van der Waals surface area contributed by atoms with Crippen LogP contribution in [0.3, 0.4) is 0 Å². The second kappa shape index (κ2) is 7.95. The first-order valence-corrected chi connectivity index (χ1v) is 9.75. The van der Waals surface area contributed by atoms with Gasteiger partial charge in [0.25, 0.3) is 0 Å². The highest BCUT2D eigenvalue weighted by Gasteiger charge is 2.44. The second-order valence-electron chi connectivity index (χ2n) is 7.54. The van der Waals surface area contributed by atoms with E-state index in [-0.39, 0.29) is 30.4 Å². The van der Waals surface area contributed by atoms with E-state index in [1.54, 1.807) is 12.1 Å². The summed E-state index contributed by atoms with van der Waals surface area (Å²) in [5.41, 5.74) is 2.17. The summed E-state index contributed by atoms with van der Waals surface area (Å²) in [5, 5.41) is 14.2. The number of carbonyl (C=O) groups is 2. The molecule has 1 aliphatic carbocycles. The molecule has 0 radical (unpaired) electrons. The summed E-state index contributed by atoms with van der Waals surface area (Å²) < 4.78 is 5.14. The molecular weight excluding hydrogens is 366 g/mol. The van der Waals surface area contributed by atoms with Gasteiger partial charge in [-0.15, -0.1) is 0 Å². The highest BCUT2D eigenvalue weighted by atomic mass is 16.5. The standard InChI is InChI=1S/C24H23NO4/c1-15(16-8-10-20(11-9-16)29-14-23(26)27)25-24(28)22-13-21(22)19-7-6-17-4-2-3-5-18(17)12-19/h2-12,15,21-22H,13-14H2,1H3,(H,25,28)(H,26,27). The van der Waals surface area contributed by atoms with E-state index < -0.39 is 5.97 Å². The van der Waals surface area contributed by atoms with Crippen LogP contribution >= 0.6 is 0 Å². The lowest BCUT2D eigenvalue weighted by Gasteiger charge is -2.15. The number of fused-ring (bicyclic) bond motifs is 1. The molecule has 3 aromatic carbocycles. The van der Waals surface area contributed by atoms with Gasteiger partial charge in [0, 0.05) is 5.92 Å². The van der Waals surface area contributed by atoms with E-state index >= 15 is 0 Å². The largest absolute Gasteiger partial charge is 0.482 e. The summed E-state index contributed by atoms with van der Waals surface area (Å²) in [6.45, 7) is 1.57. The quantitative estimate of drug-likeness (QED) is 0.632. The molecule has 4 rings (SSSR count). The molecule has 3 aromatic rings. The maximum absolute atomic E-state index is 12.7. The van der Waals surface area contributed by atoms with Gasteiger partial charge in [-0.05, 0) is 53.3 Å². The lowest BCUT2D eigenvalue weighted by Crippen LogP contribution is -2.28. The Hall–Kier alpha value is -3.34. The van der Waals surface area contributed by atoms with Crippen LogP contribution in [0, 0.1) is 5.92 Å². The molecule has 3 unspecified atom stereocenters. The van der Waals surface area contributed by atoms with Gasteiger partial charge in [0.05, 0.1) is 6.04 Å². The minimum Gasteiger partial charge on any atom is -0.482 e. The van der Waals surface area contributed by atoms with Gasteiger partial charge >= 0.3 is 5.97 Å². The fraction of sp³-hybridized carbons (Fsp3) is 0.250. The number of nitrogens with one attached hydrogen (secondary N) is 1. The molecule has 29 heavy (non-hydrogen) atoms.